The Hall–Kier alpha value is -1.10. The van der Waals surface area contributed by atoms with Crippen molar-refractivity contribution in [2.75, 3.05) is 13.1 Å². The molecule has 0 heterocycles. The molecule has 0 aliphatic carbocycles. The van der Waals surface area contributed by atoms with Gasteiger partial charge in [0.05, 0.1) is 0 Å². The Labute approximate surface area is 109 Å². The number of nitrogens with two attached hydrogens (primary N) is 1. The lowest BCUT2D eigenvalue weighted by atomic mass is 10.1. The number of rotatable bonds is 10. The SMILES string of the molecule is CCCCCCC(=O)N(CCCCCN)C(=O)O. The van der Waals surface area contributed by atoms with Gasteiger partial charge in [-0.1, -0.05) is 32.6 Å². The van der Waals surface area contributed by atoms with E-state index in [0.717, 1.165) is 43.4 Å². The molecular formula is C13H26N2O3. The second-order valence-corrected chi connectivity index (χ2v) is 4.49. The van der Waals surface area contributed by atoms with Gasteiger partial charge in [0.2, 0.25) is 5.91 Å². The molecule has 0 saturated heterocycles. The van der Waals surface area contributed by atoms with Gasteiger partial charge in [0.1, 0.15) is 0 Å². The summed E-state index contributed by atoms with van der Waals surface area (Å²) in [5.74, 6) is -0.272. The van der Waals surface area contributed by atoms with Crippen LogP contribution in [0.15, 0.2) is 0 Å². The van der Waals surface area contributed by atoms with E-state index in [9.17, 15) is 9.59 Å². The Morgan fingerprint density at radius 3 is 2.28 bits per heavy atom. The van der Waals surface area contributed by atoms with Crippen LogP contribution in [0.1, 0.15) is 58.3 Å². The molecule has 0 atom stereocenters. The third-order valence-corrected chi connectivity index (χ3v) is 2.86. The average Bonchev–Trinajstić information content (AvgIpc) is 2.34. The van der Waals surface area contributed by atoms with E-state index in [1.807, 2.05) is 0 Å². The maximum absolute atomic E-state index is 11.7. The van der Waals surface area contributed by atoms with Crippen LogP contribution in [0.2, 0.25) is 0 Å². The van der Waals surface area contributed by atoms with E-state index in [2.05, 4.69) is 6.92 Å². The lowest BCUT2D eigenvalue weighted by molar-refractivity contribution is -0.129. The van der Waals surface area contributed by atoms with Crippen molar-refractivity contribution < 1.29 is 14.7 Å². The third kappa shape index (κ3) is 8.06. The molecule has 0 fully saturated rings. The first-order valence-corrected chi connectivity index (χ1v) is 6.86. The highest BCUT2D eigenvalue weighted by Crippen LogP contribution is 2.07. The molecule has 0 aromatic heterocycles. The van der Waals surface area contributed by atoms with Gasteiger partial charge < -0.3 is 10.8 Å². The number of hydrogen-bond donors (Lipinski definition) is 2. The van der Waals surface area contributed by atoms with E-state index in [4.69, 9.17) is 10.8 Å². The summed E-state index contributed by atoms with van der Waals surface area (Å²) in [4.78, 5) is 23.7. The Morgan fingerprint density at radius 2 is 1.72 bits per heavy atom. The summed E-state index contributed by atoms with van der Waals surface area (Å²) in [5, 5.41) is 8.98. The summed E-state index contributed by atoms with van der Waals surface area (Å²) >= 11 is 0. The highest BCUT2D eigenvalue weighted by molar-refractivity contribution is 5.90. The highest BCUT2D eigenvalue weighted by atomic mass is 16.4. The fraction of sp³-hybridized carbons (Fsp3) is 0.846. The maximum Gasteiger partial charge on any atom is 0.414 e. The molecule has 0 spiro atoms. The number of carbonyl (C=O) groups is 2. The van der Waals surface area contributed by atoms with Crippen molar-refractivity contribution in [3.05, 3.63) is 0 Å². The van der Waals surface area contributed by atoms with Crippen LogP contribution in [-0.4, -0.2) is 35.1 Å². The summed E-state index contributed by atoms with van der Waals surface area (Å²) in [5.41, 5.74) is 5.36. The molecule has 18 heavy (non-hydrogen) atoms. The molecule has 0 saturated carbocycles. The quantitative estimate of drug-likeness (QED) is 0.590. The van der Waals surface area contributed by atoms with Crippen LogP contribution in [0.25, 0.3) is 0 Å². The molecule has 5 heteroatoms. The van der Waals surface area contributed by atoms with E-state index in [0.29, 0.717) is 25.9 Å². The van der Waals surface area contributed by atoms with Crippen LogP contribution in [0.3, 0.4) is 0 Å². The Bertz CT molecular complexity index is 244. The number of carboxylic acid groups (broad SMARTS) is 1. The van der Waals surface area contributed by atoms with E-state index in [1.54, 1.807) is 0 Å². The first kappa shape index (κ1) is 16.9. The number of nitrogens with zero attached hydrogens (tertiary/aromatic N) is 1. The second-order valence-electron chi connectivity index (χ2n) is 4.49. The lowest BCUT2D eigenvalue weighted by Gasteiger charge is -2.17. The largest absolute Gasteiger partial charge is 0.465 e. The van der Waals surface area contributed by atoms with Gasteiger partial charge in [0.15, 0.2) is 0 Å². The summed E-state index contributed by atoms with van der Waals surface area (Å²) < 4.78 is 0. The molecule has 106 valence electrons. The van der Waals surface area contributed by atoms with Crippen molar-refractivity contribution in [3.8, 4) is 0 Å². The zero-order valence-electron chi connectivity index (χ0n) is 11.4. The standard InChI is InChI=1S/C13H26N2O3/c1-2-3-4-6-9-12(16)15(13(17)18)11-8-5-7-10-14/h2-11,14H2,1H3,(H,17,18). The Morgan fingerprint density at radius 1 is 1.06 bits per heavy atom. The number of amides is 2. The summed E-state index contributed by atoms with van der Waals surface area (Å²) in [6.45, 7) is 3.00. The van der Waals surface area contributed by atoms with Gasteiger partial charge in [-0.25, -0.2) is 9.69 Å². The average molecular weight is 258 g/mol. The van der Waals surface area contributed by atoms with Gasteiger partial charge in [-0.15, -0.1) is 0 Å². The summed E-state index contributed by atoms with van der Waals surface area (Å²) in [7, 11) is 0. The first-order valence-electron chi connectivity index (χ1n) is 6.86. The molecule has 5 nitrogen and oxygen atoms in total. The molecule has 0 aromatic carbocycles. The molecule has 0 aliphatic rings. The number of carbonyl (C=O) groups excluding carboxylic acids is 1. The van der Waals surface area contributed by atoms with Crippen LogP contribution >= 0.6 is 0 Å². The lowest BCUT2D eigenvalue weighted by Crippen LogP contribution is -2.36. The predicted octanol–water partition coefficient (Wildman–Crippen LogP) is 2.59. The van der Waals surface area contributed by atoms with Crippen molar-refractivity contribution in [2.45, 2.75) is 58.3 Å². The molecule has 0 unspecified atom stereocenters. The number of hydrogen-bond acceptors (Lipinski definition) is 3. The minimum Gasteiger partial charge on any atom is -0.465 e. The summed E-state index contributed by atoms with van der Waals surface area (Å²) in [6.07, 6.45) is 5.60. The minimum atomic E-state index is -1.14. The monoisotopic (exact) mass is 258 g/mol. The van der Waals surface area contributed by atoms with E-state index >= 15 is 0 Å². The van der Waals surface area contributed by atoms with Crippen LogP contribution in [0.4, 0.5) is 4.79 Å². The van der Waals surface area contributed by atoms with Gasteiger partial charge in [-0.05, 0) is 25.8 Å². The van der Waals surface area contributed by atoms with Crippen LogP contribution in [0, 0.1) is 0 Å². The highest BCUT2D eigenvalue weighted by Gasteiger charge is 2.19. The molecule has 3 N–H and O–H groups in total. The van der Waals surface area contributed by atoms with Crippen molar-refractivity contribution in [3.63, 3.8) is 0 Å². The van der Waals surface area contributed by atoms with Crippen molar-refractivity contribution in [2.24, 2.45) is 5.73 Å². The maximum atomic E-state index is 11.7. The van der Waals surface area contributed by atoms with Crippen molar-refractivity contribution >= 4 is 12.0 Å². The van der Waals surface area contributed by atoms with Crippen LogP contribution in [-0.2, 0) is 4.79 Å². The number of unbranched alkanes of at least 4 members (excludes halogenated alkanes) is 5. The first-order chi connectivity index (χ1) is 8.63. The van der Waals surface area contributed by atoms with E-state index < -0.39 is 6.09 Å². The fourth-order valence-corrected chi connectivity index (χ4v) is 1.76. The van der Waals surface area contributed by atoms with Crippen LogP contribution in [0.5, 0.6) is 0 Å². The molecule has 0 rings (SSSR count). The van der Waals surface area contributed by atoms with Crippen LogP contribution < -0.4 is 5.73 Å². The summed E-state index contributed by atoms with van der Waals surface area (Å²) in [6, 6.07) is 0. The zero-order chi connectivity index (χ0) is 13.8. The van der Waals surface area contributed by atoms with Gasteiger partial charge in [-0.2, -0.15) is 0 Å². The van der Waals surface area contributed by atoms with Crippen molar-refractivity contribution in [1.29, 1.82) is 0 Å². The predicted molar refractivity (Wildman–Crippen MR) is 71.4 cm³/mol. The number of imide groups is 1. The molecule has 0 bridgehead atoms. The molecule has 0 aromatic rings. The Balaban J connectivity index is 3.92. The topological polar surface area (TPSA) is 83.6 Å². The van der Waals surface area contributed by atoms with Gasteiger partial charge in [0.25, 0.3) is 0 Å². The smallest absolute Gasteiger partial charge is 0.414 e. The minimum absolute atomic E-state index is 0.272. The molecule has 2 amide bonds. The normalized spacial score (nSPS) is 10.3. The van der Waals surface area contributed by atoms with Crippen molar-refractivity contribution in [1.82, 2.24) is 4.90 Å². The zero-order valence-corrected chi connectivity index (χ0v) is 11.4. The molecule has 0 aliphatic heterocycles. The molecular weight excluding hydrogens is 232 g/mol. The third-order valence-electron chi connectivity index (χ3n) is 2.86. The fourth-order valence-electron chi connectivity index (χ4n) is 1.76. The van der Waals surface area contributed by atoms with E-state index in [-0.39, 0.29) is 5.91 Å². The Kier molecular flexibility index (Phi) is 10.3. The van der Waals surface area contributed by atoms with E-state index in [1.165, 1.54) is 0 Å². The second kappa shape index (κ2) is 11.0. The van der Waals surface area contributed by atoms with Gasteiger partial charge in [-0.3, -0.25) is 4.79 Å². The van der Waals surface area contributed by atoms with Gasteiger partial charge >= 0.3 is 6.09 Å². The molecule has 0 radical (unpaired) electrons. The van der Waals surface area contributed by atoms with Gasteiger partial charge in [0, 0.05) is 13.0 Å².